The molecule has 5 heteroatoms. The highest BCUT2D eigenvalue weighted by Gasteiger charge is 2.10. The van der Waals surface area contributed by atoms with Crippen molar-refractivity contribution >= 4 is 51.0 Å². The Morgan fingerprint density at radius 3 is 2.46 bits per heavy atom. The second kappa shape index (κ2) is 8.86. The van der Waals surface area contributed by atoms with Gasteiger partial charge in [-0.05, 0) is 43.9 Å². The molecule has 0 aliphatic carbocycles. The van der Waals surface area contributed by atoms with E-state index in [0.717, 1.165) is 27.3 Å². The van der Waals surface area contributed by atoms with Crippen LogP contribution in [-0.2, 0) is 0 Å². The number of nitrogens with zero attached hydrogens (tertiary/aromatic N) is 2. The van der Waals surface area contributed by atoms with E-state index in [4.69, 9.17) is 4.98 Å². The molecule has 0 spiro atoms. The van der Waals surface area contributed by atoms with Crippen LogP contribution in [-0.4, -0.2) is 36.3 Å². The maximum Gasteiger partial charge on any atom is 0.105 e. The Morgan fingerprint density at radius 1 is 1.04 bits per heavy atom. The van der Waals surface area contributed by atoms with Crippen molar-refractivity contribution in [2.24, 2.45) is 0 Å². The average Bonchev–Trinajstić information content (AvgIpc) is 2.55. The van der Waals surface area contributed by atoms with Gasteiger partial charge >= 0.3 is 0 Å². The summed E-state index contributed by atoms with van der Waals surface area (Å²) >= 11 is 5.33. The second-order valence-electron chi connectivity index (χ2n) is 5.69. The Balaban J connectivity index is 0.00000208. The lowest BCUT2D eigenvalue weighted by Gasteiger charge is -2.13. The van der Waals surface area contributed by atoms with Gasteiger partial charge in [-0.25, -0.2) is 4.98 Å². The van der Waals surface area contributed by atoms with Crippen LogP contribution in [0.3, 0.4) is 0 Å². The molecular weight excluding hydrogens is 404 g/mol. The SMILES string of the molecule is CN(C)CCSc1nc2ccccc2cc1-c1ccc(Br)cc1.Cl. The van der Waals surface area contributed by atoms with Gasteiger partial charge in [-0.1, -0.05) is 46.3 Å². The number of halogens is 2. The van der Waals surface area contributed by atoms with Crippen LogP contribution in [0.4, 0.5) is 0 Å². The van der Waals surface area contributed by atoms with Gasteiger partial charge in [-0.15, -0.1) is 24.2 Å². The first kappa shape index (κ1) is 19.3. The van der Waals surface area contributed by atoms with Gasteiger partial charge < -0.3 is 4.90 Å². The highest BCUT2D eigenvalue weighted by Crippen LogP contribution is 2.33. The predicted molar refractivity (Wildman–Crippen MR) is 111 cm³/mol. The Kier molecular flexibility index (Phi) is 7.11. The fourth-order valence-corrected chi connectivity index (χ4v) is 3.78. The van der Waals surface area contributed by atoms with E-state index in [-0.39, 0.29) is 12.4 Å². The zero-order chi connectivity index (χ0) is 16.2. The van der Waals surface area contributed by atoms with Crippen LogP contribution < -0.4 is 0 Å². The summed E-state index contributed by atoms with van der Waals surface area (Å²) in [7, 11) is 4.20. The molecule has 126 valence electrons. The fourth-order valence-electron chi connectivity index (χ4n) is 2.37. The van der Waals surface area contributed by atoms with Gasteiger partial charge in [0.1, 0.15) is 5.03 Å². The molecule has 0 atom stereocenters. The third-order valence-corrected chi connectivity index (χ3v) is 5.12. The lowest BCUT2D eigenvalue weighted by molar-refractivity contribution is 0.437. The molecule has 3 aromatic rings. The predicted octanol–water partition coefficient (Wildman–Crippen LogP) is 5.74. The van der Waals surface area contributed by atoms with Gasteiger partial charge in [0.2, 0.25) is 0 Å². The molecule has 3 rings (SSSR count). The smallest absolute Gasteiger partial charge is 0.105 e. The molecule has 0 fully saturated rings. The van der Waals surface area contributed by atoms with Crippen LogP contribution >= 0.6 is 40.1 Å². The quantitative estimate of drug-likeness (QED) is 0.487. The first-order valence-corrected chi connectivity index (χ1v) is 9.34. The number of benzene rings is 2. The van der Waals surface area contributed by atoms with Crippen LogP contribution in [0.5, 0.6) is 0 Å². The van der Waals surface area contributed by atoms with Gasteiger partial charge in [-0.2, -0.15) is 0 Å². The maximum atomic E-state index is 4.90. The second-order valence-corrected chi connectivity index (χ2v) is 7.69. The molecule has 0 saturated carbocycles. The summed E-state index contributed by atoms with van der Waals surface area (Å²) in [5.74, 6) is 1.03. The zero-order valence-electron chi connectivity index (χ0n) is 13.7. The summed E-state index contributed by atoms with van der Waals surface area (Å²) in [6.07, 6.45) is 0. The van der Waals surface area contributed by atoms with Gasteiger partial charge in [-0.3, -0.25) is 0 Å². The van der Waals surface area contributed by atoms with Crippen molar-refractivity contribution in [1.82, 2.24) is 9.88 Å². The Morgan fingerprint density at radius 2 is 1.75 bits per heavy atom. The Labute approximate surface area is 162 Å². The van der Waals surface area contributed by atoms with E-state index < -0.39 is 0 Å². The topological polar surface area (TPSA) is 16.1 Å². The van der Waals surface area contributed by atoms with Crippen LogP contribution in [0.1, 0.15) is 0 Å². The highest BCUT2D eigenvalue weighted by atomic mass is 79.9. The summed E-state index contributed by atoms with van der Waals surface area (Å²) in [6.45, 7) is 1.04. The molecule has 1 aromatic heterocycles. The number of hydrogen-bond donors (Lipinski definition) is 0. The molecule has 0 bridgehead atoms. The molecular formula is C19H20BrClN2S. The fraction of sp³-hybridized carbons (Fsp3) is 0.211. The minimum absolute atomic E-state index is 0. The van der Waals surface area contributed by atoms with E-state index in [1.165, 1.54) is 16.5 Å². The van der Waals surface area contributed by atoms with E-state index in [1.54, 1.807) is 0 Å². The van der Waals surface area contributed by atoms with E-state index in [9.17, 15) is 0 Å². The molecule has 24 heavy (non-hydrogen) atoms. The average molecular weight is 424 g/mol. The summed E-state index contributed by atoms with van der Waals surface area (Å²) in [4.78, 5) is 7.11. The molecule has 0 radical (unpaired) electrons. The van der Waals surface area contributed by atoms with Crippen LogP contribution in [0.15, 0.2) is 64.1 Å². The van der Waals surface area contributed by atoms with Crippen LogP contribution in [0.25, 0.3) is 22.0 Å². The Hall–Kier alpha value is -1.07. The van der Waals surface area contributed by atoms with Gasteiger partial charge in [0.25, 0.3) is 0 Å². The molecule has 2 aromatic carbocycles. The molecule has 0 aliphatic heterocycles. The normalized spacial score (nSPS) is 10.8. The lowest BCUT2D eigenvalue weighted by atomic mass is 10.1. The first-order chi connectivity index (χ1) is 11.1. The van der Waals surface area contributed by atoms with E-state index in [1.807, 2.05) is 17.8 Å². The highest BCUT2D eigenvalue weighted by molar-refractivity contribution is 9.10. The van der Waals surface area contributed by atoms with Crippen LogP contribution in [0, 0.1) is 0 Å². The molecule has 0 aliphatic rings. The van der Waals surface area contributed by atoms with Crippen molar-refractivity contribution in [3.63, 3.8) is 0 Å². The zero-order valence-corrected chi connectivity index (χ0v) is 16.9. The summed E-state index contributed by atoms with van der Waals surface area (Å²) in [5, 5.41) is 2.29. The monoisotopic (exact) mass is 422 g/mol. The summed E-state index contributed by atoms with van der Waals surface area (Å²) in [6, 6.07) is 19.0. The number of rotatable bonds is 5. The maximum absolute atomic E-state index is 4.90. The number of aromatic nitrogens is 1. The molecule has 0 unspecified atom stereocenters. The number of pyridine rings is 1. The van der Waals surface area contributed by atoms with Crippen molar-refractivity contribution in [2.75, 3.05) is 26.4 Å². The number of para-hydroxylation sites is 1. The third-order valence-electron chi connectivity index (χ3n) is 3.62. The molecule has 0 N–H and O–H groups in total. The van der Waals surface area contributed by atoms with Gasteiger partial charge in [0, 0.05) is 27.7 Å². The van der Waals surface area contributed by atoms with Gasteiger partial charge in [0.15, 0.2) is 0 Å². The van der Waals surface area contributed by atoms with Crippen molar-refractivity contribution < 1.29 is 0 Å². The van der Waals surface area contributed by atoms with E-state index in [2.05, 4.69) is 83.5 Å². The number of hydrogen-bond acceptors (Lipinski definition) is 3. The number of fused-ring (bicyclic) bond motifs is 1. The standard InChI is InChI=1S/C19H19BrN2S.ClH/c1-22(2)11-12-23-19-17(14-7-9-16(20)10-8-14)13-15-5-3-4-6-18(15)21-19;/h3-10,13H,11-12H2,1-2H3;1H. The largest absolute Gasteiger partial charge is 0.309 e. The van der Waals surface area contributed by atoms with Crippen LogP contribution in [0.2, 0.25) is 0 Å². The molecule has 0 saturated heterocycles. The van der Waals surface area contributed by atoms with Crippen molar-refractivity contribution in [1.29, 1.82) is 0 Å². The summed E-state index contributed by atoms with van der Waals surface area (Å²) in [5.41, 5.74) is 3.47. The van der Waals surface area contributed by atoms with Crippen molar-refractivity contribution in [2.45, 2.75) is 5.03 Å². The van der Waals surface area contributed by atoms with E-state index >= 15 is 0 Å². The van der Waals surface area contributed by atoms with E-state index in [0.29, 0.717) is 0 Å². The molecule has 1 heterocycles. The third kappa shape index (κ3) is 4.73. The Bertz CT molecular complexity index is 806. The summed E-state index contributed by atoms with van der Waals surface area (Å²) < 4.78 is 1.09. The van der Waals surface area contributed by atoms with Gasteiger partial charge in [0.05, 0.1) is 5.52 Å². The minimum Gasteiger partial charge on any atom is -0.309 e. The first-order valence-electron chi connectivity index (χ1n) is 7.57. The van der Waals surface area contributed by atoms with Crippen molar-refractivity contribution in [3.05, 3.63) is 59.1 Å². The minimum atomic E-state index is 0. The molecule has 0 amide bonds. The van der Waals surface area contributed by atoms with Crippen molar-refractivity contribution in [3.8, 4) is 11.1 Å². The number of thioether (sulfide) groups is 1. The molecule has 2 nitrogen and oxygen atoms in total. The lowest BCUT2D eigenvalue weighted by Crippen LogP contribution is -2.14.